The first-order valence-corrected chi connectivity index (χ1v) is 5.20. The number of hydrogen-bond donors (Lipinski definition) is 5. The molecule has 2 rings (SSSR count). The lowest BCUT2D eigenvalue weighted by molar-refractivity contribution is 0.189. The van der Waals surface area contributed by atoms with Crippen LogP contribution in [-0.4, -0.2) is 41.3 Å². The largest absolute Gasteiger partial charge is 0.384 e. The Bertz CT molecular complexity index is 423. The van der Waals surface area contributed by atoms with Crippen molar-refractivity contribution in [3.63, 3.8) is 0 Å². The maximum absolute atomic E-state index is 11.6. The maximum Gasteiger partial charge on any atom is 0.320 e. The monoisotopic (exact) mass is 238 g/mol. The first-order chi connectivity index (χ1) is 8.16. The second-order valence-corrected chi connectivity index (χ2v) is 3.73. The number of H-pyrrole nitrogens is 1. The second kappa shape index (κ2) is 4.83. The van der Waals surface area contributed by atoms with Crippen LogP contribution in [0.3, 0.4) is 0 Å². The van der Waals surface area contributed by atoms with Gasteiger partial charge < -0.3 is 15.8 Å². The maximum atomic E-state index is 11.6. The average molecular weight is 238 g/mol. The highest BCUT2D eigenvalue weighted by atomic mass is 16.5. The molecule has 1 aromatic heterocycles. The summed E-state index contributed by atoms with van der Waals surface area (Å²) in [6.45, 7) is 1.18. The van der Waals surface area contributed by atoms with Crippen molar-refractivity contribution in [3.8, 4) is 0 Å². The summed E-state index contributed by atoms with van der Waals surface area (Å²) in [7, 11) is 0. The molecule has 0 saturated carbocycles. The summed E-state index contributed by atoms with van der Waals surface area (Å²) >= 11 is 0. The average Bonchev–Trinajstić information content (AvgIpc) is 2.88. The zero-order valence-corrected chi connectivity index (χ0v) is 9.12. The van der Waals surface area contributed by atoms with Crippen molar-refractivity contribution in [3.05, 3.63) is 11.8 Å². The van der Waals surface area contributed by atoms with Crippen LogP contribution in [0.4, 0.5) is 10.6 Å². The lowest BCUT2D eigenvalue weighted by Crippen LogP contribution is -2.38. The number of carbonyl (C=O) groups excluding carboxylic acids is 1. The van der Waals surface area contributed by atoms with Crippen molar-refractivity contribution >= 4 is 17.7 Å². The van der Waals surface area contributed by atoms with E-state index in [9.17, 15) is 4.79 Å². The number of nitrogens with zero attached hydrogens (tertiary/aromatic N) is 1. The molecule has 8 nitrogen and oxygen atoms in total. The summed E-state index contributed by atoms with van der Waals surface area (Å²) < 4.78 is 5.14. The normalized spacial score (nSPS) is 18.9. The smallest absolute Gasteiger partial charge is 0.320 e. The third-order valence-corrected chi connectivity index (χ3v) is 2.43. The van der Waals surface area contributed by atoms with Gasteiger partial charge in [0.1, 0.15) is 11.7 Å². The molecular weight excluding hydrogens is 224 g/mol. The first-order valence-electron chi connectivity index (χ1n) is 5.20. The molecule has 0 radical (unpaired) electrons. The van der Waals surface area contributed by atoms with E-state index in [1.165, 1.54) is 6.20 Å². The zero-order chi connectivity index (χ0) is 12.3. The van der Waals surface area contributed by atoms with E-state index in [-0.39, 0.29) is 17.9 Å². The molecule has 2 heterocycles. The molecule has 8 heteroatoms. The summed E-state index contributed by atoms with van der Waals surface area (Å²) in [6, 6.07) is -0.342. The Morgan fingerprint density at radius 1 is 1.71 bits per heavy atom. The highest BCUT2D eigenvalue weighted by molar-refractivity contribution is 6.02. The van der Waals surface area contributed by atoms with Gasteiger partial charge in [0.25, 0.3) is 0 Å². The number of anilines is 1. The minimum absolute atomic E-state index is 0.0266. The van der Waals surface area contributed by atoms with Crippen LogP contribution in [0.2, 0.25) is 0 Å². The summed E-state index contributed by atoms with van der Waals surface area (Å²) in [6.07, 6.45) is 2.19. The van der Waals surface area contributed by atoms with Gasteiger partial charge >= 0.3 is 6.03 Å². The molecule has 0 aromatic carbocycles. The molecule has 92 valence electrons. The van der Waals surface area contributed by atoms with Crippen molar-refractivity contribution in [2.24, 2.45) is 5.73 Å². The Labute approximate surface area is 97.4 Å². The van der Waals surface area contributed by atoms with Gasteiger partial charge in [0.05, 0.1) is 24.4 Å². The fourth-order valence-electron chi connectivity index (χ4n) is 1.57. The van der Waals surface area contributed by atoms with Gasteiger partial charge in [-0.2, -0.15) is 5.10 Å². The highest BCUT2D eigenvalue weighted by Gasteiger charge is 2.18. The standard InChI is InChI=1S/C9H14N6O2/c10-7(11)6-3-12-15-8(6)14-9(16)13-5-1-2-17-4-5/h3,5H,1-2,4H2,(H3,10,11)(H3,12,13,14,15,16). The lowest BCUT2D eigenvalue weighted by atomic mass is 10.3. The number of aromatic amines is 1. The van der Waals surface area contributed by atoms with Crippen LogP contribution in [0.25, 0.3) is 0 Å². The SMILES string of the molecule is N=C(N)c1cn[nH]c1NC(=O)NC1CCOC1. The fourth-order valence-corrected chi connectivity index (χ4v) is 1.57. The number of amidine groups is 1. The van der Waals surface area contributed by atoms with Crippen molar-refractivity contribution < 1.29 is 9.53 Å². The Hall–Kier alpha value is -2.09. The molecule has 1 saturated heterocycles. The van der Waals surface area contributed by atoms with Crippen LogP contribution in [0.5, 0.6) is 0 Å². The van der Waals surface area contributed by atoms with E-state index in [0.29, 0.717) is 24.6 Å². The molecule has 1 unspecified atom stereocenters. The topological polar surface area (TPSA) is 129 Å². The molecule has 17 heavy (non-hydrogen) atoms. The number of hydrogen-bond acceptors (Lipinski definition) is 4. The van der Waals surface area contributed by atoms with Gasteiger partial charge in [-0.15, -0.1) is 0 Å². The molecule has 1 fully saturated rings. The van der Waals surface area contributed by atoms with Crippen molar-refractivity contribution in [1.29, 1.82) is 5.41 Å². The lowest BCUT2D eigenvalue weighted by Gasteiger charge is -2.11. The van der Waals surface area contributed by atoms with Gasteiger partial charge in [-0.25, -0.2) is 4.79 Å². The summed E-state index contributed by atoms with van der Waals surface area (Å²) in [5, 5.41) is 18.9. The molecule has 0 aliphatic carbocycles. The second-order valence-electron chi connectivity index (χ2n) is 3.73. The van der Waals surface area contributed by atoms with Gasteiger partial charge in [-0.3, -0.25) is 15.8 Å². The van der Waals surface area contributed by atoms with E-state index in [0.717, 1.165) is 6.42 Å². The number of nitrogens with one attached hydrogen (secondary N) is 4. The Morgan fingerprint density at radius 2 is 2.53 bits per heavy atom. The van der Waals surface area contributed by atoms with Crippen LogP contribution in [-0.2, 0) is 4.74 Å². The van der Waals surface area contributed by atoms with Crippen LogP contribution in [0.1, 0.15) is 12.0 Å². The molecule has 6 N–H and O–H groups in total. The van der Waals surface area contributed by atoms with E-state index in [2.05, 4.69) is 20.8 Å². The molecule has 0 spiro atoms. The van der Waals surface area contributed by atoms with Crippen molar-refractivity contribution in [1.82, 2.24) is 15.5 Å². The molecule has 1 aliphatic rings. The Kier molecular flexibility index (Phi) is 3.24. The van der Waals surface area contributed by atoms with E-state index in [1.54, 1.807) is 0 Å². The van der Waals surface area contributed by atoms with E-state index in [4.69, 9.17) is 15.9 Å². The third kappa shape index (κ3) is 2.72. The number of amides is 2. The number of ether oxygens (including phenoxy) is 1. The number of carbonyl (C=O) groups is 1. The minimum Gasteiger partial charge on any atom is -0.384 e. The van der Waals surface area contributed by atoms with Crippen LogP contribution in [0, 0.1) is 5.41 Å². The highest BCUT2D eigenvalue weighted by Crippen LogP contribution is 2.10. The number of rotatable bonds is 3. The molecule has 2 amide bonds. The summed E-state index contributed by atoms with van der Waals surface area (Å²) in [5.41, 5.74) is 5.69. The molecule has 1 aliphatic heterocycles. The van der Waals surface area contributed by atoms with Crippen molar-refractivity contribution in [2.45, 2.75) is 12.5 Å². The Balaban J connectivity index is 1.93. The predicted molar refractivity (Wildman–Crippen MR) is 61.0 cm³/mol. The molecule has 0 bridgehead atoms. The van der Waals surface area contributed by atoms with Crippen LogP contribution < -0.4 is 16.4 Å². The van der Waals surface area contributed by atoms with E-state index in [1.807, 2.05) is 0 Å². The number of aromatic nitrogens is 2. The quantitative estimate of drug-likeness (QED) is 0.362. The van der Waals surface area contributed by atoms with Crippen LogP contribution in [0.15, 0.2) is 6.20 Å². The molecular formula is C9H14N6O2. The molecule has 1 atom stereocenters. The number of urea groups is 1. The number of nitrogens with two attached hydrogens (primary N) is 1. The fraction of sp³-hybridized carbons (Fsp3) is 0.444. The summed E-state index contributed by atoms with van der Waals surface area (Å²) in [4.78, 5) is 11.6. The number of nitrogen functional groups attached to an aromatic ring is 1. The third-order valence-electron chi connectivity index (χ3n) is 2.43. The zero-order valence-electron chi connectivity index (χ0n) is 9.12. The van der Waals surface area contributed by atoms with Gasteiger partial charge in [0, 0.05) is 6.61 Å². The first kappa shape index (κ1) is 11.4. The predicted octanol–water partition coefficient (Wildman–Crippen LogP) is -0.396. The Morgan fingerprint density at radius 3 is 3.18 bits per heavy atom. The van der Waals surface area contributed by atoms with E-state index >= 15 is 0 Å². The van der Waals surface area contributed by atoms with Crippen molar-refractivity contribution in [2.75, 3.05) is 18.5 Å². The van der Waals surface area contributed by atoms with Gasteiger partial charge in [0.2, 0.25) is 0 Å². The van der Waals surface area contributed by atoms with Gasteiger partial charge in [0.15, 0.2) is 0 Å². The van der Waals surface area contributed by atoms with E-state index < -0.39 is 0 Å². The summed E-state index contributed by atoms with van der Waals surface area (Å²) in [5.74, 6) is 0.159. The van der Waals surface area contributed by atoms with Gasteiger partial charge in [-0.1, -0.05) is 0 Å². The van der Waals surface area contributed by atoms with Gasteiger partial charge in [-0.05, 0) is 6.42 Å². The minimum atomic E-state index is -0.368. The molecule has 1 aromatic rings. The van der Waals surface area contributed by atoms with Crippen LogP contribution >= 0.6 is 0 Å².